The normalized spacial score (nSPS) is 14.4. The molecule has 3 rings (SSSR count). The maximum absolute atomic E-state index is 4.61. The molecule has 5 heteroatoms. The largest absolute Gasteiger partial charge is 0.324 e. The van der Waals surface area contributed by atoms with Crippen LogP contribution in [0.15, 0.2) is 58.6 Å². The molecule has 24 heavy (non-hydrogen) atoms. The molecule has 1 aliphatic rings. The number of aryl methyl sites for hydroxylation is 2. The van der Waals surface area contributed by atoms with Crippen molar-refractivity contribution in [2.24, 2.45) is 4.99 Å². The van der Waals surface area contributed by atoms with Crippen LogP contribution in [-0.2, 0) is 0 Å². The van der Waals surface area contributed by atoms with Gasteiger partial charge in [0.15, 0.2) is 0 Å². The summed E-state index contributed by atoms with van der Waals surface area (Å²) in [6.07, 6.45) is 3.64. The molecule has 0 saturated heterocycles. The van der Waals surface area contributed by atoms with Gasteiger partial charge >= 0.3 is 0 Å². The number of allylic oxidation sites excluding steroid dienone is 1. The van der Waals surface area contributed by atoms with Gasteiger partial charge in [0, 0.05) is 16.8 Å². The van der Waals surface area contributed by atoms with Crippen LogP contribution in [0.2, 0.25) is 0 Å². The second-order valence-corrected chi connectivity index (χ2v) is 6.87. The Labute approximate surface area is 146 Å². The average Bonchev–Trinajstić information content (AvgIpc) is 2.54. The highest BCUT2D eigenvalue weighted by molar-refractivity contribution is 8.17. The molecule has 0 amide bonds. The number of nitrogens with one attached hydrogen (secondary N) is 1. The van der Waals surface area contributed by atoms with Crippen molar-refractivity contribution >= 4 is 28.4 Å². The van der Waals surface area contributed by atoms with Crippen molar-refractivity contribution < 1.29 is 0 Å². The standard InChI is InChI=1S/C19H20N4S/c1-5-17-14(4)11-21-18(24-17)16-6-7-20-19(23-16)22-15-9-12(2)8-13(3)10-15/h5-10H,1,11H2,2-4H3,(H,20,22,23). The van der Waals surface area contributed by atoms with E-state index in [0.29, 0.717) is 12.5 Å². The molecule has 0 radical (unpaired) electrons. The van der Waals surface area contributed by atoms with Crippen LogP contribution in [0.25, 0.3) is 0 Å². The van der Waals surface area contributed by atoms with Gasteiger partial charge in [-0.3, -0.25) is 4.99 Å². The molecule has 0 atom stereocenters. The molecular formula is C19H20N4S. The summed E-state index contributed by atoms with van der Waals surface area (Å²) in [6, 6.07) is 8.19. The maximum Gasteiger partial charge on any atom is 0.227 e. The van der Waals surface area contributed by atoms with E-state index >= 15 is 0 Å². The summed E-state index contributed by atoms with van der Waals surface area (Å²) in [5, 5.41) is 4.18. The summed E-state index contributed by atoms with van der Waals surface area (Å²) in [7, 11) is 0. The Hall–Kier alpha value is -2.40. The van der Waals surface area contributed by atoms with Crippen LogP contribution < -0.4 is 5.32 Å². The number of benzene rings is 1. The zero-order valence-corrected chi connectivity index (χ0v) is 14.9. The Morgan fingerprint density at radius 1 is 1.17 bits per heavy atom. The highest BCUT2D eigenvalue weighted by Gasteiger charge is 2.15. The van der Waals surface area contributed by atoms with E-state index < -0.39 is 0 Å². The minimum absolute atomic E-state index is 0.576. The lowest BCUT2D eigenvalue weighted by Gasteiger charge is -2.15. The Morgan fingerprint density at radius 2 is 1.92 bits per heavy atom. The van der Waals surface area contributed by atoms with E-state index in [9.17, 15) is 0 Å². The van der Waals surface area contributed by atoms with Crippen LogP contribution >= 0.6 is 11.8 Å². The van der Waals surface area contributed by atoms with Gasteiger partial charge in [0.05, 0.1) is 6.54 Å². The number of anilines is 2. The van der Waals surface area contributed by atoms with E-state index in [0.717, 1.165) is 21.3 Å². The Morgan fingerprint density at radius 3 is 2.62 bits per heavy atom. The number of hydrogen-bond acceptors (Lipinski definition) is 5. The number of nitrogens with zero attached hydrogens (tertiary/aromatic N) is 3. The van der Waals surface area contributed by atoms with Crippen molar-refractivity contribution in [3.8, 4) is 0 Å². The Kier molecular flexibility index (Phi) is 4.81. The highest BCUT2D eigenvalue weighted by atomic mass is 32.2. The van der Waals surface area contributed by atoms with E-state index in [4.69, 9.17) is 0 Å². The van der Waals surface area contributed by atoms with Crippen molar-refractivity contribution in [3.05, 3.63) is 70.4 Å². The monoisotopic (exact) mass is 336 g/mol. The lowest BCUT2D eigenvalue weighted by atomic mass is 10.1. The van der Waals surface area contributed by atoms with Gasteiger partial charge in [0.25, 0.3) is 0 Å². The number of thioether (sulfide) groups is 1. The van der Waals surface area contributed by atoms with Gasteiger partial charge in [0.1, 0.15) is 10.7 Å². The molecule has 2 heterocycles. The first-order valence-electron chi connectivity index (χ1n) is 7.78. The SMILES string of the molecule is C=CC1=C(C)CN=C(c2ccnc(Nc3cc(C)cc(C)c3)n2)S1. The van der Waals surface area contributed by atoms with E-state index in [1.54, 1.807) is 18.0 Å². The van der Waals surface area contributed by atoms with Gasteiger partial charge in [-0.15, -0.1) is 0 Å². The van der Waals surface area contributed by atoms with Gasteiger partial charge in [-0.05, 0) is 55.7 Å². The predicted octanol–water partition coefficient (Wildman–Crippen LogP) is 4.79. The van der Waals surface area contributed by atoms with E-state index in [2.05, 4.69) is 65.8 Å². The van der Waals surface area contributed by atoms with Crippen LogP contribution in [0.4, 0.5) is 11.6 Å². The van der Waals surface area contributed by atoms with Gasteiger partial charge < -0.3 is 5.32 Å². The molecule has 122 valence electrons. The van der Waals surface area contributed by atoms with Gasteiger partial charge in [0.2, 0.25) is 5.95 Å². The highest BCUT2D eigenvalue weighted by Crippen LogP contribution is 2.29. The molecule has 0 unspecified atom stereocenters. The molecule has 4 nitrogen and oxygen atoms in total. The Balaban J connectivity index is 1.83. The summed E-state index contributed by atoms with van der Waals surface area (Å²) in [5.74, 6) is 0.576. The first kappa shape index (κ1) is 16.5. The topological polar surface area (TPSA) is 50.2 Å². The third kappa shape index (κ3) is 3.74. The number of aromatic nitrogens is 2. The summed E-state index contributed by atoms with van der Waals surface area (Å²) in [6.45, 7) is 10.8. The molecule has 1 aromatic heterocycles. The molecule has 2 aromatic rings. The summed E-state index contributed by atoms with van der Waals surface area (Å²) >= 11 is 1.61. The first-order chi connectivity index (χ1) is 11.5. The third-order valence-electron chi connectivity index (χ3n) is 3.63. The quantitative estimate of drug-likeness (QED) is 0.872. The molecule has 1 aliphatic heterocycles. The molecule has 1 N–H and O–H groups in total. The molecule has 1 aromatic carbocycles. The van der Waals surface area contributed by atoms with Gasteiger partial charge in [-0.25, -0.2) is 9.97 Å². The molecule has 0 fully saturated rings. The Bertz CT molecular complexity index is 832. The minimum atomic E-state index is 0.576. The van der Waals surface area contributed by atoms with Crippen molar-refractivity contribution in [1.82, 2.24) is 9.97 Å². The summed E-state index contributed by atoms with van der Waals surface area (Å²) in [5.41, 5.74) is 5.47. The second-order valence-electron chi connectivity index (χ2n) is 5.84. The lowest BCUT2D eigenvalue weighted by molar-refractivity contribution is 1.11. The van der Waals surface area contributed by atoms with Crippen LogP contribution in [0.1, 0.15) is 23.7 Å². The molecular weight excluding hydrogens is 316 g/mol. The van der Waals surface area contributed by atoms with E-state index in [1.165, 1.54) is 16.7 Å². The van der Waals surface area contributed by atoms with Crippen molar-refractivity contribution in [3.63, 3.8) is 0 Å². The minimum Gasteiger partial charge on any atom is -0.324 e. The van der Waals surface area contributed by atoms with E-state index in [-0.39, 0.29) is 0 Å². The zero-order chi connectivity index (χ0) is 17.1. The third-order valence-corrected chi connectivity index (χ3v) is 4.89. The fraction of sp³-hybridized carbons (Fsp3) is 0.211. The smallest absolute Gasteiger partial charge is 0.227 e. The number of rotatable bonds is 4. The van der Waals surface area contributed by atoms with Crippen LogP contribution in [-0.4, -0.2) is 21.6 Å². The van der Waals surface area contributed by atoms with Gasteiger partial charge in [-0.2, -0.15) is 0 Å². The lowest BCUT2D eigenvalue weighted by Crippen LogP contribution is -2.08. The van der Waals surface area contributed by atoms with Crippen LogP contribution in [0.5, 0.6) is 0 Å². The van der Waals surface area contributed by atoms with Crippen molar-refractivity contribution in [2.45, 2.75) is 20.8 Å². The first-order valence-corrected chi connectivity index (χ1v) is 8.60. The maximum atomic E-state index is 4.61. The molecule has 0 saturated carbocycles. The van der Waals surface area contributed by atoms with E-state index in [1.807, 2.05) is 12.1 Å². The zero-order valence-electron chi connectivity index (χ0n) is 14.1. The van der Waals surface area contributed by atoms with Crippen molar-refractivity contribution in [1.29, 1.82) is 0 Å². The number of aliphatic imine (C=N–C) groups is 1. The fourth-order valence-electron chi connectivity index (χ4n) is 2.56. The van der Waals surface area contributed by atoms with Crippen LogP contribution in [0.3, 0.4) is 0 Å². The van der Waals surface area contributed by atoms with Crippen LogP contribution in [0, 0.1) is 13.8 Å². The number of hydrogen-bond donors (Lipinski definition) is 1. The summed E-state index contributed by atoms with van der Waals surface area (Å²) in [4.78, 5) is 14.7. The molecule has 0 bridgehead atoms. The molecule has 0 aliphatic carbocycles. The molecule has 0 spiro atoms. The van der Waals surface area contributed by atoms with Gasteiger partial charge in [-0.1, -0.05) is 30.5 Å². The second kappa shape index (κ2) is 7.01. The summed E-state index contributed by atoms with van der Waals surface area (Å²) < 4.78 is 0. The average molecular weight is 336 g/mol. The fourth-order valence-corrected chi connectivity index (χ4v) is 3.43. The predicted molar refractivity (Wildman–Crippen MR) is 103 cm³/mol. The van der Waals surface area contributed by atoms with Crippen molar-refractivity contribution in [2.75, 3.05) is 11.9 Å².